The van der Waals surface area contributed by atoms with E-state index in [0.29, 0.717) is 17.8 Å². The quantitative estimate of drug-likeness (QED) is 0.680. The van der Waals surface area contributed by atoms with E-state index >= 15 is 0 Å². The lowest BCUT2D eigenvalue weighted by molar-refractivity contribution is 0.286. The molecular formula is C20H23N5O. The van der Waals surface area contributed by atoms with Gasteiger partial charge in [-0.1, -0.05) is 0 Å². The van der Waals surface area contributed by atoms with Gasteiger partial charge in [0.25, 0.3) is 0 Å². The number of hydrogen-bond acceptors (Lipinski definition) is 5. The molecule has 0 amide bonds. The summed E-state index contributed by atoms with van der Waals surface area (Å²) in [7, 11) is 2.22. The second kappa shape index (κ2) is 7.66. The molecule has 1 aliphatic heterocycles. The van der Waals surface area contributed by atoms with Crippen molar-refractivity contribution in [2.75, 3.05) is 13.6 Å². The SMILES string of the molecule is CN1CCC[C@H]1CCn1ccnc1-c1ccc(Oc2ncccn2)cc1. The topological polar surface area (TPSA) is 56.1 Å². The first-order valence-electron chi connectivity index (χ1n) is 9.06. The fourth-order valence-electron chi connectivity index (χ4n) is 3.50. The molecule has 1 fully saturated rings. The maximum absolute atomic E-state index is 5.65. The van der Waals surface area contributed by atoms with E-state index in [-0.39, 0.29) is 0 Å². The first-order valence-corrected chi connectivity index (χ1v) is 9.06. The van der Waals surface area contributed by atoms with E-state index in [9.17, 15) is 0 Å². The third-order valence-corrected chi connectivity index (χ3v) is 4.95. The van der Waals surface area contributed by atoms with Gasteiger partial charge in [-0.2, -0.15) is 0 Å². The van der Waals surface area contributed by atoms with Gasteiger partial charge < -0.3 is 14.2 Å². The molecule has 6 heteroatoms. The van der Waals surface area contributed by atoms with Gasteiger partial charge in [-0.15, -0.1) is 0 Å². The lowest BCUT2D eigenvalue weighted by Crippen LogP contribution is -2.26. The van der Waals surface area contributed by atoms with Gasteiger partial charge in [0, 0.05) is 42.9 Å². The van der Waals surface area contributed by atoms with Gasteiger partial charge >= 0.3 is 6.01 Å². The smallest absolute Gasteiger partial charge is 0.321 e. The second-order valence-corrected chi connectivity index (χ2v) is 6.67. The van der Waals surface area contributed by atoms with Crippen LogP contribution in [0.5, 0.6) is 11.8 Å². The maximum atomic E-state index is 5.65. The Balaban J connectivity index is 1.44. The van der Waals surface area contributed by atoms with Crippen LogP contribution in [0.1, 0.15) is 19.3 Å². The van der Waals surface area contributed by atoms with Crippen molar-refractivity contribution >= 4 is 0 Å². The predicted octanol–water partition coefficient (Wildman–Crippen LogP) is 3.62. The molecule has 2 aromatic heterocycles. The van der Waals surface area contributed by atoms with Crippen LogP contribution in [0.4, 0.5) is 0 Å². The summed E-state index contributed by atoms with van der Waals surface area (Å²) in [4.78, 5) is 15.2. The van der Waals surface area contributed by atoms with Crippen LogP contribution in [0.2, 0.25) is 0 Å². The number of hydrogen-bond donors (Lipinski definition) is 0. The third-order valence-electron chi connectivity index (χ3n) is 4.95. The van der Waals surface area contributed by atoms with E-state index in [4.69, 9.17) is 4.74 Å². The number of aryl methyl sites for hydroxylation is 1. The normalized spacial score (nSPS) is 17.5. The average molecular weight is 349 g/mol. The van der Waals surface area contributed by atoms with Crippen molar-refractivity contribution in [3.05, 3.63) is 55.1 Å². The molecule has 3 heterocycles. The van der Waals surface area contributed by atoms with Gasteiger partial charge in [0.1, 0.15) is 11.6 Å². The summed E-state index contributed by atoms with van der Waals surface area (Å²) >= 11 is 0. The molecule has 0 unspecified atom stereocenters. The monoisotopic (exact) mass is 349 g/mol. The lowest BCUT2D eigenvalue weighted by atomic mass is 10.1. The van der Waals surface area contributed by atoms with Gasteiger partial charge in [0.15, 0.2) is 0 Å². The van der Waals surface area contributed by atoms with Crippen LogP contribution in [0.15, 0.2) is 55.1 Å². The maximum Gasteiger partial charge on any atom is 0.321 e. The molecule has 26 heavy (non-hydrogen) atoms. The molecule has 6 nitrogen and oxygen atoms in total. The van der Waals surface area contributed by atoms with Crippen molar-refractivity contribution in [3.63, 3.8) is 0 Å². The first kappa shape index (κ1) is 16.7. The molecule has 0 bridgehead atoms. The van der Waals surface area contributed by atoms with Crippen molar-refractivity contribution in [1.29, 1.82) is 0 Å². The summed E-state index contributed by atoms with van der Waals surface area (Å²) in [5, 5.41) is 0. The number of nitrogens with zero attached hydrogens (tertiary/aromatic N) is 5. The molecule has 1 aliphatic rings. The number of rotatable bonds is 6. The number of likely N-dealkylation sites (tertiary alicyclic amines) is 1. The molecular weight excluding hydrogens is 326 g/mol. The van der Waals surface area contributed by atoms with E-state index in [1.165, 1.54) is 19.4 Å². The molecule has 1 saturated heterocycles. The Bertz CT molecular complexity index is 831. The van der Waals surface area contributed by atoms with Crippen LogP contribution in [0.25, 0.3) is 11.4 Å². The van der Waals surface area contributed by atoms with E-state index in [1.54, 1.807) is 18.5 Å². The van der Waals surface area contributed by atoms with Gasteiger partial charge in [-0.3, -0.25) is 0 Å². The molecule has 0 aliphatic carbocycles. The third kappa shape index (κ3) is 3.75. The highest BCUT2D eigenvalue weighted by Gasteiger charge is 2.20. The van der Waals surface area contributed by atoms with Crippen molar-refractivity contribution in [2.45, 2.75) is 31.8 Å². The number of benzene rings is 1. The van der Waals surface area contributed by atoms with Crippen LogP contribution in [0, 0.1) is 0 Å². The molecule has 1 aromatic carbocycles. The van der Waals surface area contributed by atoms with E-state index in [1.807, 2.05) is 30.5 Å². The first-order chi connectivity index (χ1) is 12.8. The highest BCUT2D eigenvalue weighted by atomic mass is 16.5. The zero-order valence-corrected chi connectivity index (χ0v) is 15.0. The highest BCUT2D eigenvalue weighted by Crippen LogP contribution is 2.24. The molecule has 3 aromatic rings. The van der Waals surface area contributed by atoms with Crippen LogP contribution in [0.3, 0.4) is 0 Å². The van der Waals surface area contributed by atoms with E-state index in [2.05, 4.69) is 37.7 Å². The van der Waals surface area contributed by atoms with Crippen LogP contribution < -0.4 is 4.74 Å². The standard InChI is InChI=1S/C20H23N5O/c1-24-13-2-4-17(24)9-14-25-15-12-21-19(25)16-5-7-18(8-6-16)26-20-22-10-3-11-23-20/h3,5-8,10-12,15,17H,2,4,9,13-14H2,1H3/t17-/m0/s1. The fourth-order valence-corrected chi connectivity index (χ4v) is 3.50. The minimum atomic E-state index is 0.349. The minimum absolute atomic E-state index is 0.349. The zero-order chi connectivity index (χ0) is 17.8. The molecule has 4 rings (SSSR count). The lowest BCUT2D eigenvalue weighted by Gasteiger charge is -2.20. The van der Waals surface area contributed by atoms with Crippen molar-refractivity contribution in [1.82, 2.24) is 24.4 Å². The van der Waals surface area contributed by atoms with Gasteiger partial charge in [-0.25, -0.2) is 15.0 Å². The van der Waals surface area contributed by atoms with E-state index < -0.39 is 0 Å². The predicted molar refractivity (Wildman–Crippen MR) is 100 cm³/mol. The molecule has 1 atom stereocenters. The molecule has 0 saturated carbocycles. The number of imidazole rings is 1. The average Bonchev–Trinajstić information content (AvgIpc) is 3.30. The van der Waals surface area contributed by atoms with E-state index in [0.717, 1.165) is 24.4 Å². The summed E-state index contributed by atoms with van der Waals surface area (Å²) in [5.41, 5.74) is 1.08. The number of ether oxygens (including phenoxy) is 1. The van der Waals surface area contributed by atoms with Crippen LogP contribution >= 0.6 is 0 Å². The minimum Gasteiger partial charge on any atom is -0.424 e. The van der Waals surface area contributed by atoms with Crippen molar-refractivity contribution in [2.24, 2.45) is 0 Å². The second-order valence-electron chi connectivity index (χ2n) is 6.67. The zero-order valence-electron chi connectivity index (χ0n) is 15.0. The fraction of sp³-hybridized carbons (Fsp3) is 0.350. The van der Waals surface area contributed by atoms with Crippen molar-refractivity contribution in [3.8, 4) is 23.1 Å². The number of aromatic nitrogens is 4. The van der Waals surface area contributed by atoms with Crippen molar-refractivity contribution < 1.29 is 4.74 Å². The van der Waals surface area contributed by atoms with Gasteiger partial charge in [0.05, 0.1) is 0 Å². The molecule has 0 N–H and O–H groups in total. The Labute approximate surface area is 153 Å². The summed E-state index contributed by atoms with van der Waals surface area (Å²) in [5.74, 6) is 1.71. The Morgan fingerprint density at radius 3 is 2.62 bits per heavy atom. The van der Waals surface area contributed by atoms with Crippen LogP contribution in [-0.2, 0) is 6.54 Å². The van der Waals surface area contributed by atoms with Gasteiger partial charge in [-0.05, 0) is 63.2 Å². The molecule has 0 radical (unpaired) electrons. The summed E-state index contributed by atoms with van der Waals surface area (Å²) < 4.78 is 7.89. The summed E-state index contributed by atoms with van der Waals surface area (Å²) in [6.45, 7) is 2.20. The van der Waals surface area contributed by atoms with Crippen LogP contribution in [-0.4, -0.2) is 44.1 Å². The Hall–Kier alpha value is -2.73. The summed E-state index contributed by atoms with van der Waals surface area (Å²) in [6, 6.07) is 10.7. The Morgan fingerprint density at radius 1 is 1.08 bits per heavy atom. The Kier molecular flexibility index (Phi) is 4.93. The highest BCUT2D eigenvalue weighted by molar-refractivity contribution is 5.57. The summed E-state index contributed by atoms with van der Waals surface area (Å²) in [6.07, 6.45) is 11.0. The molecule has 0 spiro atoms. The largest absolute Gasteiger partial charge is 0.424 e. The Morgan fingerprint density at radius 2 is 1.88 bits per heavy atom. The molecule has 134 valence electrons. The van der Waals surface area contributed by atoms with Gasteiger partial charge in [0.2, 0.25) is 0 Å².